The highest BCUT2D eigenvalue weighted by Gasteiger charge is 2.42. The van der Waals surface area contributed by atoms with Crippen LogP contribution < -0.4 is 103 Å². The molecule has 710 valence electrons. The summed E-state index contributed by atoms with van der Waals surface area (Å²) in [5.74, 6) is -28.6. The van der Waals surface area contributed by atoms with Gasteiger partial charge < -0.3 is 159 Å². The second-order valence-electron chi connectivity index (χ2n) is 30.9. The van der Waals surface area contributed by atoms with Crippen molar-refractivity contribution in [2.45, 2.75) is 254 Å². The number of carboxylic acids is 4. The number of amides is 16. The number of aromatic amines is 2. The number of imidazole rings is 1. The van der Waals surface area contributed by atoms with E-state index in [-0.39, 0.29) is 31.5 Å². The van der Waals surface area contributed by atoms with Gasteiger partial charge in [0.05, 0.1) is 50.2 Å². The second-order valence-corrected chi connectivity index (χ2v) is 30.9. The Morgan fingerprint density at radius 1 is 0.414 bits per heavy atom. The highest BCUT2D eigenvalue weighted by atomic mass is 16.4. The number of primary amides is 2. The molecule has 16 amide bonds. The first-order chi connectivity index (χ1) is 59.8. The number of nitrogens with zero attached hydrogens (tertiary/aromatic N) is 1. The third-order valence-corrected chi connectivity index (χ3v) is 19.3. The van der Waals surface area contributed by atoms with Crippen molar-refractivity contribution in [1.29, 1.82) is 5.41 Å². The van der Waals surface area contributed by atoms with Crippen LogP contribution in [0.3, 0.4) is 0 Å². The summed E-state index contributed by atoms with van der Waals surface area (Å²) in [7, 11) is 0. The molecular weight excluding hydrogens is 1700 g/mol. The molecule has 0 radical (unpaired) electrons. The Hall–Kier alpha value is -13.6. The Morgan fingerprint density at radius 3 is 1.23 bits per heavy atom. The minimum atomic E-state index is -2.11. The summed E-state index contributed by atoms with van der Waals surface area (Å²) in [6.45, 7) is 8.88. The smallest absolute Gasteiger partial charge is 0.326 e. The number of para-hydroxylation sites is 1. The molecule has 0 unspecified atom stereocenters. The Bertz CT molecular complexity index is 4410. The third kappa shape index (κ3) is 37.3. The van der Waals surface area contributed by atoms with Crippen molar-refractivity contribution in [3.8, 4) is 0 Å². The number of rotatable bonds is 58. The Morgan fingerprint density at radius 2 is 0.789 bits per heavy atom. The molecule has 0 aliphatic carbocycles. The van der Waals surface area contributed by atoms with Crippen molar-refractivity contribution in [2.24, 2.45) is 34.8 Å². The average molecular weight is 1820 g/mol. The van der Waals surface area contributed by atoms with Crippen LogP contribution in [-0.4, -0.2) is 313 Å². The zero-order chi connectivity index (χ0) is 96.8. The van der Waals surface area contributed by atoms with Crippen LogP contribution in [0.25, 0.3) is 10.9 Å². The van der Waals surface area contributed by atoms with E-state index >= 15 is 0 Å². The zero-order valence-corrected chi connectivity index (χ0v) is 71.2. The number of H-pyrrole nitrogens is 2. The first-order valence-electron chi connectivity index (χ1n) is 40.2. The summed E-state index contributed by atoms with van der Waals surface area (Å²) in [6, 6.07) is -21.9. The number of aliphatic hydroxyl groups excluding tert-OH is 5. The number of carbonyl (C=O) groups is 20. The fraction of sp³-hybridized carbons (Fsp3) is 0.579. The molecule has 0 bridgehead atoms. The monoisotopic (exact) mass is 1820 g/mol. The van der Waals surface area contributed by atoms with Crippen LogP contribution in [0.1, 0.15) is 137 Å². The number of nitrogens with one attached hydrogen (secondary N) is 18. The number of guanidine groups is 1. The largest absolute Gasteiger partial charge is 0.481 e. The lowest BCUT2D eigenvalue weighted by Gasteiger charge is -2.30. The van der Waals surface area contributed by atoms with Crippen LogP contribution in [0.4, 0.5) is 0 Å². The van der Waals surface area contributed by atoms with Crippen LogP contribution in [0.5, 0.6) is 0 Å². The lowest BCUT2D eigenvalue weighted by molar-refractivity contribution is -0.144. The minimum Gasteiger partial charge on any atom is -0.481 e. The van der Waals surface area contributed by atoms with E-state index in [0.717, 1.165) is 34.0 Å². The molecule has 0 saturated carbocycles. The number of carbonyl (C=O) groups excluding carboxylic acids is 16. The van der Waals surface area contributed by atoms with Gasteiger partial charge in [0.25, 0.3) is 0 Å². The topological polar surface area (TPSA) is 876 Å². The third-order valence-electron chi connectivity index (χ3n) is 19.3. The first kappa shape index (κ1) is 109. The molecule has 52 heteroatoms. The van der Waals surface area contributed by atoms with E-state index in [0.29, 0.717) is 16.5 Å². The van der Waals surface area contributed by atoms with Crippen molar-refractivity contribution in [3.05, 3.63) is 54.2 Å². The fourth-order valence-electron chi connectivity index (χ4n) is 12.3. The van der Waals surface area contributed by atoms with Gasteiger partial charge in [0.1, 0.15) is 90.6 Å². The summed E-state index contributed by atoms with van der Waals surface area (Å²) in [4.78, 5) is 279. The predicted molar refractivity (Wildman–Crippen MR) is 442 cm³/mol. The maximum atomic E-state index is 15.0. The molecule has 128 heavy (non-hydrogen) atoms. The molecular formula is C76H117N23O29. The molecule has 0 aliphatic rings. The van der Waals surface area contributed by atoms with Gasteiger partial charge in [-0.2, -0.15) is 0 Å². The number of aliphatic carboxylic acids is 4. The van der Waals surface area contributed by atoms with Gasteiger partial charge in [-0.15, -0.1) is 0 Å². The van der Waals surface area contributed by atoms with Gasteiger partial charge in [-0.25, -0.2) is 9.78 Å². The second kappa shape index (κ2) is 53.0. The van der Waals surface area contributed by atoms with Crippen molar-refractivity contribution in [3.63, 3.8) is 0 Å². The van der Waals surface area contributed by atoms with Crippen molar-refractivity contribution < 1.29 is 142 Å². The zero-order valence-electron chi connectivity index (χ0n) is 71.2. The molecule has 52 nitrogen and oxygen atoms in total. The number of nitrogens with two attached hydrogens (primary N) is 4. The van der Waals surface area contributed by atoms with E-state index in [1.165, 1.54) is 26.2 Å². The number of aromatic nitrogens is 3. The number of hydrogen-bond donors (Lipinski definition) is 31. The molecule has 3 aromatic rings. The summed E-state index contributed by atoms with van der Waals surface area (Å²) in [5, 5.41) is 134. The number of hydrogen-bond acceptors (Lipinski definition) is 28. The van der Waals surface area contributed by atoms with E-state index in [1.54, 1.807) is 38.1 Å². The molecule has 1 aromatic carbocycles. The SMILES string of the molecule is CC(C)C[C@H](NC(=O)[C@H](Cc1c[nH]c2ccccc12)NC(=O)[C@@H](NC(=O)[C@@H](NC(=O)[C@H](CCC(N)=O)NC(=O)[C@@H](NC(=O)[C@H](CC(=O)O)NC(=O)[C@@H](N)[C@@H](C)O)[C@@H](C)O)C(C)C)[C@@H](C)O)C(=O)N[C@H](C(=O)N[C@@H](CCC(N)=O)C(=O)N[C@@H](CCC(=O)O)C(=O)N[C@@H](CO)C(=O)N[C@@H](Cc1cnc[nH]1)C(=O)N[C@@H](CC(=O)O)C(=O)N[C@@H](CCCNC(=N)N)C(=O)O)[C@@H](C)O. The lowest BCUT2D eigenvalue weighted by Crippen LogP contribution is -2.63. The fourth-order valence-corrected chi connectivity index (χ4v) is 12.3. The van der Waals surface area contributed by atoms with E-state index in [1.807, 2.05) is 5.32 Å². The maximum absolute atomic E-state index is 15.0. The normalized spacial score (nSPS) is 15.7. The highest BCUT2D eigenvalue weighted by Crippen LogP contribution is 2.21. The van der Waals surface area contributed by atoms with E-state index in [4.69, 9.17) is 28.3 Å². The number of aliphatic hydroxyl groups is 5. The molecule has 35 N–H and O–H groups in total. The van der Waals surface area contributed by atoms with Gasteiger partial charge in [0.2, 0.25) is 94.5 Å². The van der Waals surface area contributed by atoms with Crippen molar-refractivity contribution in [1.82, 2.24) is 94.7 Å². The summed E-state index contributed by atoms with van der Waals surface area (Å²) in [5.41, 5.74) is 22.7. The van der Waals surface area contributed by atoms with Gasteiger partial charge in [-0.05, 0) is 89.7 Å². The van der Waals surface area contributed by atoms with Gasteiger partial charge in [0, 0.05) is 67.6 Å². The van der Waals surface area contributed by atoms with Gasteiger partial charge in [-0.1, -0.05) is 45.9 Å². The summed E-state index contributed by atoms with van der Waals surface area (Å²) in [6.07, 6.45) is -11.4. The molecule has 2 heterocycles. The van der Waals surface area contributed by atoms with Crippen LogP contribution in [0, 0.1) is 17.2 Å². The minimum absolute atomic E-state index is 0.00709. The number of carboxylic acid groups (broad SMARTS) is 4. The molecule has 19 atom stereocenters. The predicted octanol–water partition coefficient (Wildman–Crippen LogP) is -11.3. The lowest BCUT2D eigenvalue weighted by atomic mass is 9.99. The van der Waals surface area contributed by atoms with Crippen molar-refractivity contribution in [2.75, 3.05) is 13.2 Å². The first-order valence-corrected chi connectivity index (χ1v) is 40.2. The van der Waals surface area contributed by atoms with Crippen LogP contribution in [0.15, 0.2) is 43.0 Å². The van der Waals surface area contributed by atoms with E-state index in [9.17, 15) is 142 Å². The van der Waals surface area contributed by atoms with Gasteiger partial charge in [-0.3, -0.25) is 96.5 Å². The number of benzene rings is 1. The van der Waals surface area contributed by atoms with E-state index < -0.39 is 322 Å². The quantitative estimate of drug-likeness (QED) is 0.0142. The molecule has 3 rings (SSSR count). The Balaban J connectivity index is 1.99. The molecule has 0 saturated heterocycles. The van der Waals surface area contributed by atoms with Gasteiger partial charge >= 0.3 is 23.9 Å². The average Bonchev–Trinajstić information content (AvgIpc) is 1.65. The van der Waals surface area contributed by atoms with Crippen LogP contribution in [0.2, 0.25) is 0 Å². The molecule has 0 spiro atoms. The van der Waals surface area contributed by atoms with Gasteiger partial charge in [0.15, 0.2) is 5.96 Å². The Labute approximate surface area is 730 Å². The standard InChI is InChI=1S/C76H117N23O29/c1-31(2)22-45(90-64(116)46(23-37-27-84-40-13-10-9-12-39(37)40)94-74(126)60(36(8)104)99-71(123)57(32(3)4)96-63(115)42(16-19-52(78)106)88-73(125)59(35(7)103)98-68(120)49(26-55(111)112)93-70(122)56(79)33(5)101)67(119)97-58(34(6)102)72(124)87-41(15-18-51(77)105)61(113)86-43(17-20-53(107)108)62(114)95-50(29-100)69(121)91-47(24-38-28-82-30-85-38)65(117)92-48(25-54(109)110)66(118)89-44(75(127)128)14-11-21-83-76(80)81/h9-10,12-13,27-28,30-36,41-50,56-60,84,100-104H,11,14-26,29,79H2,1-8H3,(H2,77,105)(H2,78,106)(H,82,85)(H,86,113)(H,87,124)(H,88,125)(H,89,118)(H,90,116)(H,91,121)(H,92,117)(H,93,122)(H,94,126)(H,95,114)(H,96,115)(H,97,119)(H,98,120)(H,99,123)(H,107,108)(H,109,110)(H,111,112)(H,127,128)(H4,80,81,83)/t33-,34-,35-,36-,41+,42+,43+,44+,45+,46+,47+,48+,49+,50+,56+,57+,58+,59+,60+/m1/s1. The number of fused-ring (bicyclic) bond motifs is 1. The van der Waals surface area contributed by atoms with Crippen LogP contribution >= 0.6 is 0 Å². The highest BCUT2D eigenvalue weighted by molar-refractivity contribution is 6.02. The summed E-state index contributed by atoms with van der Waals surface area (Å²) < 4.78 is 0. The molecule has 2 aromatic heterocycles. The van der Waals surface area contributed by atoms with E-state index in [2.05, 4.69) is 89.4 Å². The van der Waals surface area contributed by atoms with Crippen LogP contribution in [-0.2, 0) is 109 Å². The maximum Gasteiger partial charge on any atom is 0.326 e. The Kier molecular flexibility index (Phi) is 45.0. The molecule has 0 aliphatic heterocycles. The van der Waals surface area contributed by atoms with Crippen molar-refractivity contribution >= 4 is 135 Å². The molecule has 0 fully saturated rings. The summed E-state index contributed by atoms with van der Waals surface area (Å²) >= 11 is 0.